The summed E-state index contributed by atoms with van der Waals surface area (Å²) in [6, 6.07) is 1.05. The fourth-order valence-corrected chi connectivity index (χ4v) is 2.21. The molecular formula is C14H22N4O. The molecule has 1 aliphatic carbocycles. The highest BCUT2D eigenvalue weighted by atomic mass is 16.1. The van der Waals surface area contributed by atoms with E-state index in [4.69, 9.17) is 0 Å². The first-order valence-corrected chi connectivity index (χ1v) is 6.98. The smallest absolute Gasteiger partial charge is 0.254 e. The van der Waals surface area contributed by atoms with E-state index in [1.807, 2.05) is 6.92 Å². The zero-order valence-electron chi connectivity index (χ0n) is 11.8. The summed E-state index contributed by atoms with van der Waals surface area (Å²) in [5, 5.41) is 6.50. The van der Waals surface area contributed by atoms with Crippen LogP contribution in [0.15, 0.2) is 12.4 Å². The quantitative estimate of drug-likeness (QED) is 0.839. The summed E-state index contributed by atoms with van der Waals surface area (Å²) in [7, 11) is 0. The van der Waals surface area contributed by atoms with Gasteiger partial charge in [0.1, 0.15) is 5.82 Å². The van der Waals surface area contributed by atoms with E-state index in [-0.39, 0.29) is 11.9 Å². The van der Waals surface area contributed by atoms with Gasteiger partial charge in [-0.3, -0.25) is 4.79 Å². The lowest BCUT2D eigenvalue weighted by Gasteiger charge is -2.39. The van der Waals surface area contributed by atoms with Crippen molar-refractivity contribution in [3.63, 3.8) is 0 Å². The SMILES string of the molecule is CCc1ncc(C(=O)N[C@H]2CC[C@H]2NC(C)C)cn1. The van der Waals surface area contributed by atoms with Crippen molar-refractivity contribution in [1.29, 1.82) is 0 Å². The van der Waals surface area contributed by atoms with Gasteiger partial charge in [0.2, 0.25) is 0 Å². The molecule has 0 unspecified atom stereocenters. The lowest BCUT2D eigenvalue weighted by molar-refractivity contribution is 0.0890. The molecule has 0 radical (unpaired) electrons. The summed E-state index contributed by atoms with van der Waals surface area (Å²) >= 11 is 0. The predicted molar refractivity (Wildman–Crippen MR) is 74.0 cm³/mol. The van der Waals surface area contributed by atoms with Gasteiger partial charge in [0.15, 0.2) is 0 Å². The largest absolute Gasteiger partial charge is 0.348 e. The molecular weight excluding hydrogens is 240 g/mol. The maximum Gasteiger partial charge on any atom is 0.254 e. The molecule has 5 heteroatoms. The second-order valence-corrected chi connectivity index (χ2v) is 5.33. The summed E-state index contributed by atoms with van der Waals surface area (Å²) in [6.07, 6.45) is 6.14. The highest BCUT2D eigenvalue weighted by Crippen LogP contribution is 2.20. The van der Waals surface area contributed by atoms with Crippen LogP contribution >= 0.6 is 0 Å². The number of carbonyl (C=O) groups is 1. The minimum absolute atomic E-state index is 0.0806. The number of hydrogen-bond acceptors (Lipinski definition) is 4. The van der Waals surface area contributed by atoms with E-state index in [9.17, 15) is 4.79 Å². The van der Waals surface area contributed by atoms with Crippen molar-refractivity contribution in [3.8, 4) is 0 Å². The molecule has 1 aromatic rings. The Balaban J connectivity index is 1.90. The number of amides is 1. The van der Waals surface area contributed by atoms with Crippen LogP contribution in [0.5, 0.6) is 0 Å². The van der Waals surface area contributed by atoms with Gasteiger partial charge in [0.25, 0.3) is 5.91 Å². The number of nitrogens with one attached hydrogen (secondary N) is 2. The summed E-state index contributed by atoms with van der Waals surface area (Å²) in [5.41, 5.74) is 0.535. The van der Waals surface area contributed by atoms with Crippen LogP contribution in [0.4, 0.5) is 0 Å². The third-order valence-electron chi connectivity index (χ3n) is 3.42. The first-order chi connectivity index (χ1) is 9.10. The predicted octanol–water partition coefficient (Wildman–Crippen LogP) is 1.30. The Morgan fingerprint density at radius 1 is 1.32 bits per heavy atom. The minimum atomic E-state index is -0.0806. The van der Waals surface area contributed by atoms with Crippen LogP contribution < -0.4 is 10.6 Å². The Morgan fingerprint density at radius 3 is 2.42 bits per heavy atom. The Labute approximate surface area is 114 Å². The van der Waals surface area contributed by atoms with Gasteiger partial charge < -0.3 is 10.6 Å². The van der Waals surface area contributed by atoms with E-state index in [0.717, 1.165) is 25.1 Å². The van der Waals surface area contributed by atoms with Crippen LogP contribution in [0.25, 0.3) is 0 Å². The van der Waals surface area contributed by atoms with Crippen molar-refractivity contribution in [2.24, 2.45) is 0 Å². The molecule has 1 saturated carbocycles. The van der Waals surface area contributed by atoms with E-state index in [1.54, 1.807) is 12.4 Å². The van der Waals surface area contributed by atoms with Crippen molar-refractivity contribution >= 4 is 5.91 Å². The molecule has 2 atom stereocenters. The van der Waals surface area contributed by atoms with Gasteiger partial charge in [0, 0.05) is 36.9 Å². The summed E-state index contributed by atoms with van der Waals surface area (Å²) < 4.78 is 0. The first-order valence-electron chi connectivity index (χ1n) is 6.98. The molecule has 0 aliphatic heterocycles. The highest BCUT2D eigenvalue weighted by Gasteiger charge is 2.32. The van der Waals surface area contributed by atoms with Gasteiger partial charge >= 0.3 is 0 Å². The molecule has 2 N–H and O–H groups in total. The molecule has 104 valence electrons. The van der Waals surface area contributed by atoms with Crippen LogP contribution in [-0.2, 0) is 6.42 Å². The molecule has 1 amide bonds. The van der Waals surface area contributed by atoms with Crippen molar-refractivity contribution < 1.29 is 4.79 Å². The van der Waals surface area contributed by atoms with Gasteiger partial charge in [-0.05, 0) is 12.8 Å². The summed E-state index contributed by atoms with van der Waals surface area (Å²) in [5.74, 6) is 0.683. The Bertz CT molecular complexity index is 430. The monoisotopic (exact) mass is 262 g/mol. The molecule has 0 spiro atoms. The number of rotatable bonds is 5. The van der Waals surface area contributed by atoms with E-state index < -0.39 is 0 Å². The zero-order chi connectivity index (χ0) is 13.8. The summed E-state index contributed by atoms with van der Waals surface area (Å²) in [4.78, 5) is 20.4. The van der Waals surface area contributed by atoms with E-state index in [0.29, 0.717) is 17.6 Å². The van der Waals surface area contributed by atoms with Crippen LogP contribution in [0.1, 0.15) is 49.8 Å². The van der Waals surface area contributed by atoms with Crippen LogP contribution in [0, 0.1) is 0 Å². The normalized spacial score (nSPS) is 22.1. The van der Waals surface area contributed by atoms with Crippen molar-refractivity contribution in [2.75, 3.05) is 0 Å². The van der Waals surface area contributed by atoms with E-state index >= 15 is 0 Å². The molecule has 1 aromatic heterocycles. The van der Waals surface area contributed by atoms with Crippen molar-refractivity contribution in [2.45, 2.75) is 58.2 Å². The van der Waals surface area contributed by atoms with Crippen molar-refractivity contribution in [1.82, 2.24) is 20.6 Å². The number of nitrogens with zero attached hydrogens (tertiary/aromatic N) is 2. The van der Waals surface area contributed by atoms with E-state index in [2.05, 4.69) is 34.4 Å². The topological polar surface area (TPSA) is 66.9 Å². The molecule has 1 fully saturated rings. The van der Waals surface area contributed by atoms with Crippen molar-refractivity contribution in [3.05, 3.63) is 23.8 Å². The number of hydrogen-bond donors (Lipinski definition) is 2. The van der Waals surface area contributed by atoms with Gasteiger partial charge in [-0.15, -0.1) is 0 Å². The molecule has 5 nitrogen and oxygen atoms in total. The van der Waals surface area contributed by atoms with Crippen LogP contribution in [0.3, 0.4) is 0 Å². The third kappa shape index (κ3) is 3.50. The first kappa shape index (κ1) is 13.9. The maximum atomic E-state index is 12.1. The van der Waals surface area contributed by atoms with Gasteiger partial charge in [0.05, 0.1) is 5.56 Å². The molecule has 0 aromatic carbocycles. The summed E-state index contributed by atoms with van der Waals surface area (Å²) in [6.45, 7) is 6.23. The fraction of sp³-hybridized carbons (Fsp3) is 0.643. The van der Waals surface area contributed by atoms with Gasteiger partial charge in [-0.1, -0.05) is 20.8 Å². The molecule has 1 heterocycles. The molecule has 0 saturated heterocycles. The maximum absolute atomic E-state index is 12.1. The molecule has 1 aliphatic rings. The Hall–Kier alpha value is -1.49. The fourth-order valence-electron chi connectivity index (χ4n) is 2.21. The molecule has 2 rings (SSSR count). The third-order valence-corrected chi connectivity index (χ3v) is 3.42. The molecule has 0 bridgehead atoms. The van der Waals surface area contributed by atoms with Crippen LogP contribution in [0.2, 0.25) is 0 Å². The number of carbonyl (C=O) groups excluding carboxylic acids is 1. The Kier molecular flexibility index (Phi) is 4.47. The Morgan fingerprint density at radius 2 is 1.95 bits per heavy atom. The number of aromatic nitrogens is 2. The van der Waals surface area contributed by atoms with Gasteiger partial charge in [-0.2, -0.15) is 0 Å². The lowest BCUT2D eigenvalue weighted by atomic mass is 9.85. The van der Waals surface area contributed by atoms with Gasteiger partial charge in [-0.25, -0.2) is 9.97 Å². The minimum Gasteiger partial charge on any atom is -0.348 e. The average molecular weight is 262 g/mol. The van der Waals surface area contributed by atoms with Crippen LogP contribution in [-0.4, -0.2) is 34.0 Å². The standard InChI is InChI=1S/C14H22N4O/c1-4-13-15-7-10(8-16-13)14(19)18-12-6-5-11(12)17-9(2)3/h7-9,11-12,17H,4-6H2,1-3H3,(H,18,19)/t11-,12+/m1/s1. The molecule has 19 heavy (non-hydrogen) atoms. The number of aryl methyl sites for hydroxylation is 1. The average Bonchev–Trinajstić information content (AvgIpc) is 2.40. The lowest BCUT2D eigenvalue weighted by Crippen LogP contribution is -2.58. The highest BCUT2D eigenvalue weighted by molar-refractivity contribution is 5.93. The zero-order valence-corrected chi connectivity index (χ0v) is 11.8. The second kappa shape index (κ2) is 6.10. The second-order valence-electron chi connectivity index (χ2n) is 5.33. The van der Waals surface area contributed by atoms with E-state index in [1.165, 1.54) is 0 Å².